The smallest absolute Gasteiger partial charge is 0.340 e. The molecule has 1 heterocycles. The van der Waals surface area contributed by atoms with Crippen molar-refractivity contribution in [1.82, 2.24) is 5.32 Å². The highest BCUT2D eigenvalue weighted by Gasteiger charge is 2.41. The van der Waals surface area contributed by atoms with Crippen LogP contribution in [0.4, 0.5) is 5.00 Å². The summed E-state index contributed by atoms with van der Waals surface area (Å²) in [5.41, 5.74) is 1.59. The summed E-state index contributed by atoms with van der Waals surface area (Å²) in [6.07, 6.45) is 5.46. The maximum absolute atomic E-state index is 12.3. The van der Waals surface area contributed by atoms with Crippen molar-refractivity contribution in [3.8, 4) is 10.4 Å². The fraction of sp³-hybridized carbons (Fsp3) is 0.455. The highest BCUT2D eigenvalue weighted by Crippen LogP contribution is 2.49. The molecule has 2 aliphatic rings. The van der Waals surface area contributed by atoms with Gasteiger partial charge in [-0.15, -0.1) is 11.3 Å². The molecule has 4 nitrogen and oxygen atoms in total. The second-order valence-electron chi connectivity index (χ2n) is 7.94. The Bertz CT molecular complexity index is 865. The predicted octanol–water partition coefficient (Wildman–Crippen LogP) is 5.31. The number of hydrogen-bond acceptors (Lipinski definition) is 4. The van der Waals surface area contributed by atoms with Gasteiger partial charge >= 0.3 is 5.97 Å². The molecule has 2 saturated carbocycles. The molecule has 4 rings (SSSR count). The maximum atomic E-state index is 12.3. The molecule has 2 bridgehead atoms. The number of ether oxygens (including phenoxy) is 1. The van der Waals surface area contributed by atoms with Gasteiger partial charge < -0.3 is 15.4 Å². The molecule has 0 radical (unpaired) electrons. The fourth-order valence-electron chi connectivity index (χ4n) is 4.85. The van der Waals surface area contributed by atoms with Crippen molar-refractivity contribution >= 4 is 39.6 Å². The van der Waals surface area contributed by atoms with Gasteiger partial charge in [0.05, 0.1) is 12.7 Å². The Morgan fingerprint density at radius 2 is 2.04 bits per heavy atom. The van der Waals surface area contributed by atoms with Crippen LogP contribution in [0.5, 0.6) is 0 Å². The van der Waals surface area contributed by atoms with Crippen LogP contribution in [0.25, 0.3) is 10.4 Å². The van der Waals surface area contributed by atoms with E-state index in [1.807, 2.05) is 36.4 Å². The number of benzene rings is 1. The van der Waals surface area contributed by atoms with E-state index >= 15 is 0 Å². The van der Waals surface area contributed by atoms with Crippen LogP contribution in [-0.4, -0.2) is 24.2 Å². The molecule has 1 aromatic heterocycles. The Kier molecular flexibility index (Phi) is 5.69. The summed E-state index contributed by atoms with van der Waals surface area (Å²) in [7, 11) is 1.40. The van der Waals surface area contributed by atoms with Crippen LogP contribution >= 0.6 is 23.6 Å². The van der Waals surface area contributed by atoms with E-state index in [4.69, 9.17) is 17.0 Å². The molecule has 0 aliphatic heterocycles. The van der Waals surface area contributed by atoms with E-state index in [2.05, 4.69) is 17.6 Å². The largest absolute Gasteiger partial charge is 0.465 e. The van der Waals surface area contributed by atoms with Crippen LogP contribution in [0.1, 0.15) is 43.0 Å². The summed E-state index contributed by atoms with van der Waals surface area (Å²) >= 11 is 7.09. The fourth-order valence-corrected chi connectivity index (χ4v) is 6.26. The lowest BCUT2D eigenvalue weighted by Crippen LogP contribution is -2.42. The Labute approximate surface area is 175 Å². The Hall–Kier alpha value is -1.92. The minimum Gasteiger partial charge on any atom is -0.465 e. The second kappa shape index (κ2) is 8.21. The Morgan fingerprint density at radius 3 is 2.68 bits per heavy atom. The van der Waals surface area contributed by atoms with Gasteiger partial charge in [0.2, 0.25) is 0 Å². The molecule has 6 heteroatoms. The van der Waals surface area contributed by atoms with E-state index in [9.17, 15) is 4.79 Å². The highest BCUT2D eigenvalue weighted by molar-refractivity contribution is 7.80. The minimum atomic E-state index is -0.357. The monoisotopic (exact) mass is 414 g/mol. The molecule has 4 unspecified atom stereocenters. The summed E-state index contributed by atoms with van der Waals surface area (Å²) in [5, 5.41) is 8.01. The molecule has 1 aromatic carbocycles. The number of carbonyl (C=O) groups is 1. The normalized spacial score (nSPS) is 24.0. The van der Waals surface area contributed by atoms with E-state index in [-0.39, 0.29) is 5.97 Å². The number of esters is 1. The van der Waals surface area contributed by atoms with E-state index in [0.29, 0.717) is 22.6 Å². The van der Waals surface area contributed by atoms with E-state index in [1.165, 1.54) is 44.1 Å². The number of hydrogen-bond donors (Lipinski definition) is 2. The number of thiocarbonyl (C=S) groups is 1. The average Bonchev–Trinajstić information content (AvgIpc) is 3.43. The first-order valence-electron chi connectivity index (χ1n) is 9.90. The molecule has 2 N–H and O–H groups in total. The van der Waals surface area contributed by atoms with Gasteiger partial charge in [0.1, 0.15) is 5.00 Å². The van der Waals surface area contributed by atoms with Crippen LogP contribution in [-0.2, 0) is 4.74 Å². The van der Waals surface area contributed by atoms with Gasteiger partial charge in [-0.3, -0.25) is 0 Å². The third-order valence-electron chi connectivity index (χ3n) is 6.22. The van der Waals surface area contributed by atoms with Gasteiger partial charge in [-0.25, -0.2) is 4.79 Å². The summed E-state index contributed by atoms with van der Waals surface area (Å²) in [5.74, 6) is 2.09. The lowest BCUT2D eigenvalue weighted by Gasteiger charge is -2.29. The SMILES string of the molecule is COC(=O)c1cc(-c2ccccc2)sc1NC(=S)NC(C)C1CC2CCC1C2. The standard InChI is InChI=1S/C22H26N2O2S2/c1-13(17-11-14-8-9-16(17)10-14)23-22(27)24-20-18(21(25)26-2)12-19(28-20)15-6-4-3-5-7-15/h3-7,12-14,16-17H,8-11H2,1-2H3,(H2,23,24,27). The average molecular weight is 415 g/mol. The number of rotatable bonds is 5. The van der Waals surface area contributed by atoms with Crippen LogP contribution in [0.2, 0.25) is 0 Å². The zero-order valence-electron chi connectivity index (χ0n) is 16.2. The third-order valence-corrected chi connectivity index (χ3v) is 7.54. The number of carbonyl (C=O) groups excluding carboxylic acids is 1. The molecule has 28 heavy (non-hydrogen) atoms. The van der Waals surface area contributed by atoms with Crippen molar-refractivity contribution < 1.29 is 9.53 Å². The van der Waals surface area contributed by atoms with E-state index in [1.54, 1.807) is 0 Å². The Morgan fingerprint density at radius 1 is 1.25 bits per heavy atom. The molecule has 2 aromatic rings. The summed E-state index contributed by atoms with van der Waals surface area (Å²) in [4.78, 5) is 13.3. The van der Waals surface area contributed by atoms with E-state index < -0.39 is 0 Å². The number of nitrogens with one attached hydrogen (secondary N) is 2. The van der Waals surface area contributed by atoms with Crippen molar-refractivity contribution in [2.75, 3.05) is 12.4 Å². The number of methoxy groups -OCH3 is 1. The quantitative estimate of drug-likeness (QED) is 0.513. The second-order valence-corrected chi connectivity index (χ2v) is 9.40. The van der Waals surface area contributed by atoms with Crippen LogP contribution in [0, 0.1) is 17.8 Å². The summed E-state index contributed by atoms with van der Waals surface area (Å²) in [6.45, 7) is 2.23. The molecule has 2 aliphatic carbocycles. The minimum absolute atomic E-state index is 0.338. The molecule has 2 fully saturated rings. The zero-order valence-corrected chi connectivity index (χ0v) is 17.9. The molecule has 0 amide bonds. The first kappa shape index (κ1) is 19.4. The molecular weight excluding hydrogens is 388 g/mol. The van der Waals surface area contributed by atoms with Crippen molar-refractivity contribution in [2.24, 2.45) is 17.8 Å². The van der Waals surface area contributed by atoms with Crippen molar-refractivity contribution in [3.05, 3.63) is 42.0 Å². The molecular formula is C22H26N2O2S2. The molecule has 0 spiro atoms. The van der Waals surface area contributed by atoms with Gasteiger partial charge in [-0.1, -0.05) is 36.8 Å². The lowest BCUT2D eigenvalue weighted by atomic mass is 9.84. The van der Waals surface area contributed by atoms with Gasteiger partial charge in [-0.2, -0.15) is 0 Å². The number of thiophene rings is 1. The lowest BCUT2D eigenvalue weighted by molar-refractivity contribution is 0.0602. The van der Waals surface area contributed by atoms with E-state index in [0.717, 1.165) is 27.3 Å². The highest BCUT2D eigenvalue weighted by atomic mass is 32.1. The number of anilines is 1. The van der Waals surface area contributed by atoms with Gasteiger partial charge in [0.25, 0.3) is 0 Å². The van der Waals surface area contributed by atoms with Crippen molar-refractivity contribution in [1.29, 1.82) is 0 Å². The first-order chi connectivity index (χ1) is 13.5. The zero-order chi connectivity index (χ0) is 19.7. The van der Waals surface area contributed by atoms with Gasteiger partial charge in [-0.05, 0) is 67.8 Å². The topological polar surface area (TPSA) is 50.4 Å². The third kappa shape index (κ3) is 3.94. The maximum Gasteiger partial charge on any atom is 0.340 e. The first-order valence-corrected chi connectivity index (χ1v) is 11.1. The van der Waals surface area contributed by atoms with Crippen LogP contribution in [0.3, 0.4) is 0 Å². The molecule has 4 atom stereocenters. The van der Waals surface area contributed by atoms with Crippen molar-refractivity contribution in [3.63, 3.8) is 0 Å². The summed E-state index contributed by atoms with van der Waals surface area (Å²) in [6, 6.07) is 12.2. The van der Waals surface area contributed by atoms with Crippen LogP contribution < -0.4 is 10.6 Å². The van der Waals surface area contributed by atoms with Gasteiger partial charge in [0.15, 0.2) is 5.11 Å². The summed E-state index contributed by atoms with van der Waals surface area (Å²) < 4.78 is 4.97. The predicted molar refractivity (Wildman–Crippen MR) is 119 cm³/mol. The van der Waals surface area contributed by atoms with Crippen molar-refractivity contribution in [2.45, 2.75) is 38.6 Å². The Balaban J connectivity index is 1.47. The van der Waals surface area contributed by atoms with Crippen LogP contribution in [0.15, 0.2) is 36.4 Å². The molecule has 148 valence electrons. The number of fused-ring (bicyclic) bond motifs is 2. The van der Waals surface area contributed by atoms with Gasteiger partial charge in [0, 0.05) is 10.9 Å². The molecule has 0 saturated heterocycles.